The lowest BCUT2D eigenvalue weighted by Crippen LogP contribution is -2.60. The molecule has 31 heavy (non-hydrogen) atoms. The summed E-state index contributed by atoms with van der Waals surface area (Å²) in [5.41, 5.74) is 0.213. The second-order valence-corrected chi connectivity index (χ2v) is 7.43. The molecule has 11 heteroatoms. The standard InChI is InChI=1S/C20H25F3N2O6/c1-2-3-10-4-6-11(7-5-10)8-12-17(20(21,22)23)24-25-18(12)31-16-15(28)14(27)13(9-26)30-19(16)29/h4-7,13-16,19,26-29H,2-3,8-9H2,1H3,(H,24,25)/t13-,14-,15+,16-,19-/m1/s1. The van der Waals surface area contributed by atoms with Crippen molar-refractivity contribution in [3.8, 4) is 5.88 Å². The van der Waals surface area contributed by atoms with E-state index in [1.54, 1.807) is 12.1 Å². The molecule has 5 N–H and O–H groups in total. The van der Waals surface area contributed by atoms with Crippen LogP contribution in [0.25, 0.3) is 0 Å². The van der Waals surface area contributed by atoms with Gasteiger partial charge < -0.3 is 29.9 Å². The molecule has 0 spiro atoms. The van der Waals surface area contributed by atoms with E-state index >= 15 is 0 Å². The molecule has 8 nitrogen and oxygen atoms in total. The molecule has 0 radical (unpaired) electrons. The molecular weight excluding hydrogens is 421 g/mol. The highest BCUT2D eigenvalue weighted by Crippen LogP contribution is 2.36. The van der Waals surface area contributed by atoms with E-state index in [1.807, 2.05) is 24.2 Å². The van der Waals surface area contributed by atoms with E-state index in [0.717, 1.165) is 18.4 Å². The number of aryl methyl sites for hydroxylation is 1. The fourth-order valence-electron chi connectivity index (χ4n) is 3.49. The largest absolute Gasteiger partial charge is 0.465 e. The molecule has 0 amide bonds. The number of rotatable bonds is 7. The van der Waals surface area contributed by atoms with Gasteiger partial charge in [-0.3, -0.25) is 5.10 Å². The van der Waals surface area contributed by atoms with E-state index in [2.05, 4.69) is 5.10 Å². The van der Waals surface area contributed by atoms with Gasteiger partial charge >= 0.3 is 6.18 Å². The number of aliphatic hydroxyl groups excluding tert-OH is 4. The molecule has 1 fully saturated rings. The van der Waals surface area contributed by atoms with Crippen LogP contribution in [0, 0.1) is 0 Å². The second kappa shape index (κ2) is 9.53. The summed E-state index contributed by atoms with van der Waals surface area (Å²) >= 11 is 0. The Labute approximate surface area is 176 Å². The molecule has 172 valence electrons. The van der Waals surface area contributed by atoms with Gasteiger partial charge in [0.05, 0.1) is 12.2 Å². The number of aliphatic hydroxyl groups is 4. The van der Waals surface area contributed by atoms with Gasteiger partial charge in [-0.2, -0.15) is 13.2 Å². The van der Waals surface area contributed by atoms with Crippen LogP contribution in [0.5, 0.6) is 5.88 Å². The van der Waals surface area contributed by atoms with Gasteiger partial charge in [-0.15, -0.1) is 5.10 Å². The lowest BCUT2D eigenvalue weighted by atomic mass is 9.99. The summed E-state index contributed by atoms with van der Waals surface area (Å²) in [5.74, 6) is -0.480. The Morgan fingerprint density at radius 3 is 2.32 bits per heavy atom. The zero-order valence-electron chi connectivity index (χ0n) is 16.7. The van der Waals surface area contributed by atoms with Crippen LogP contribution < -0.4 is 4.74 Å². The summed E-state index contributed by atoms with van der Waals surface area (Å²) in [4.78, 5) is 0. The number of ether oxygens (including phenoxy) is 2. The van der Waals surface area contributed by atoms with E-state index in [9.17, 15) is 28.5 Å². The van der Waals surface area contributed by atoms with Gasteiger partial charge in [-0.1, -0.05) is 37.6 Å². The Morgan fingerprint density at radius 1 is 1.10 bits per heavy atom. The van der Waals surface area contributed by atoms with Crippen molar-refractivity contribution in [2.24, 2.45) is 0 Å². The quantitative estimate of drug-likeness (QED) is 0.432. The Balaban J connectivity index is 1.88. The molecular formula is C20H25F3N2O6. The molecule has 1 aromatic carbocycles. The van der Waals surface area contributed by atoms with Crippen molar-refractivity contribution in [3.05, 3.63) is 46.6 Å². The third-order valence-corrected chi connectivity index (χ3v) is 5.15. The first kappa shape index (κ1) is 23.5. The van der Waals surface area contributed by atoms with Crippen LogP contribution in [0.1, 0.15) is 35.7 Å². The van der Waals surface area contributed by atoms with Gasteiger partial charge in [0, 0.05) is 6.42 Å². The molecule has 0 saturated carbocycles. The van der Waals surface area contributed by atoms with Crippen molar-refractivity contribution >= 4 is 0 Å². The van der Waals surface area contributed by atoms with Crippen molar-refractivity contribution in [1.82, 2.24) is 10.2 Å². The maximum atomic E-state index is 13.5. The normalized spacial score (nSPS) is 26.8. The first-order chi connectivity index (χ1) is 14.7. The van der Waals surface area contributed by atoms with Crippen LogP contribution in [0.15, 0.2) is 24.3 Å². The summed E-state index contributed by atoms with van der Waals surface area (Å²) in [5, 5.41) is 44.9. The zero-order valence-corrected chi connectivity index (χ0v) is 16.7. The Hall–Kier alpha value is -2.18. The Kier molecular flexibility index (Phi) is 7.22. The van der Waals surface area contributed by atoms with Gasteiger partial charge in [-0.25, -0.2) is 0 Å². The van der Waals surface area contributed by atoms with Crippen molar-refractivity contribution < 1.29 is 43.1 Å². The van der Waals surface area contributed by atoms with Gasteiger partial charge in [-0.05, 0) is 17.5 Å². The number of alkyl halides is 3. The average molecular weight is 446 g/mol. The fourth-order valence-corrected chi connectivity index (χ4v) is 3.49. The predicted octanol–water partition coefficient (Wildman–Crippen LogP) is 1.15. The first-order valence-corrected chi connectivity index (χ1v) is 9.85. The zero-order chi connectivity index (χ0) is 22.8. The minimum atomic E-state index is -4.74. The first-order valence-electron chi connectivity index (χ1n) is 9.85. The van der Waals surface area contributed by atoms with Gasteiger partial charge in [0.25, 0.3) is 0 Å². The van der Waals surface area contributed by atoms with E-state index in [0.29, 0.717) is 5.56 Å². The van der Waals surface area contributed by atoms with Crippen LogP contribution in [0.2, 0.25) is 0 Å². The summed E-state index contributed by atoms with van der Waals surface area (Å²) in [6, 6.07) is 7.09. The van der Waals surface area contributed by atoms with Crippen molar-refractivity contribution in [2.75, 3.05) is 6.61 Å². The molecule has 2 heterocycles. The summed E-state index contributed by atoms with van der Waals surface area (Å²) < 4.78 is 50.9. The second-order valence-electron chi connectivity index (χ2n) is 7.43. The Morgan fingerprint density at radius 2 is 1.74 bits per heavy atom. The average Bonchev–Trinajstić information content (AvgIpc) is 3.12. The molecule has 0 unspecified atom stereocenters. The number of hydrogen-bond donors (Lipinski definition) is 5. The molecule has 1 aliphatic heterocycles. The van der Waals surface area contributed by atoms with E-state index in [-0.39, 0.29) is 12.0 Å². The molecule has 0 bridgehead atoms. The van der Waals surface area contributed by atoms with Crippen LogP contribution in [0.3, 0.4) is 0 Å². The monoisotopic (exact) mass is 446 g/mol. The third-order valence-electron chi connectivity index (χ3n) is 5.15. The van der Waals surface area contributed by atoms with E-state index in [1.165, 1.54) is 0 Å². The van der Waals surface area contributed by atoms with Crippen molar-refractivity contribution in [3.63, 3.8) is 0 Å². The number of benzene rings is 1. The van der Waals surface area contributed by atoms with Gasteiger partial charge in [0.2, 0.25) is 5.88 Å². The number of aromatic nitrogens is 2. The van der Waals surface area contributed by atoms with Gasteiger partial charge in [0.1, 0.15) is 24.0 Å². The number of hydrogen-bond acceptors (Lipinski definition) is 7. The molecule has 2 aromatic rings. The van der Waals surface area contributed by atoms with Crippen LogP contribution in [0.4, 0.5) is 13.2 Å². The maximum Gasteiger partial charge on any atom is 0.433 e. The topological polar surface area (TPSA) is 128 Å². The van der Waals surface area contributed by atoms with Gasteiger partial charge in [0.15, 0.2) is 12.4 Å². The minimum Gasteiger partial charge on any atom is -0.465 e. The number of aromatic amines is 1. The third kappa shape index (κ3) is 5.18. The summed E-state index contributed by atoms with van der Waals surface area (Å²) in [6.07, 6.45) is -11.2. The number of halogens is 3. The maximum absolute atomic E-state index is 13.5. The van der Waals surface area contributed by atoms with Crippen LogP contribution >= 0.6 is 0 Å². The summed E-state index contributed by atoms with van der Waals surface area (Å²) in [6.45, 7) is 1.35. The molecule has 1 saturated heterocycles. The molecule has 5 atom stereocenters. The lowest BCUT2D eigenvalue weighted by molar-refractivity contribution is -0.281. The lowest BCUT2D eigenvalue weighted by Gasteiger charge is -2.39. The van der Waals surface area contributed by atoms with Crippen LogP contribution in [-0.4, -0.2) is 67.9 Å². The molecule has 0 aliphatic carbocycles. The van der Waals surface area contributed by atoms with Crippen LogP contribution in [-0.2, 0) is 23.8 Å². The highest BCUT2D eigenvalue weighted by molar-refractivity contribution is 5.38. The highest BCUT2D eigenvalue weighted by Gasteiger charge is 2.46. The molecule has 1 aromatic heterocycles. The van der Waals surface area contributed by atoms with E-state index in [4.69, 9.17) is 14.6 Å². The number of nitrogens with one attached hydrogen (secondary N) is 1. The minimum absolute atomic E-state index is 0.172. The highest BCUT2D eigenvalue weighted by atomic mass is 19.4. The fraction of sp³-hybridized carbons (Fsp3) is 0.550. The summed E-state index contributed by atoms with van der Waals surface area (Å²) in [7, 11) is 0. The number of nitrogens with zero attached hydrogens (tertiary/aromatic N) is 1. The SMILES string of the molecule is CCCc1ccc(Cc2c(O[C@@H]3[C@@H](O)[C@H](O)[C@@H](CO)O[C@H]3O)n[nH]c2C(F)(F)F)cc1. The smallest absolute Gasteiger partial charge is 0.433 e. The van der Waals surface area contributed by atoms with E-state index < -0.39 is 55.1 Å². The van der Waals surface area contributed by atoms with Crippen molar-refractivity contribution in [2.45, 2.75) is 63.1 Å². The number of H-pyrrole nitrogens is 1. The predicted molar refractivity (Wildman–Crippen MR) is 101 cm³/mol. The molecule has 1 aliphatic rings. The molecule has 3 rings (SSSR count). The van der Waals surface area contributed by atoms with Crippen molar-refractivity contribution in [1.29, 1.82) is 0 Å². The Bertz CT molecular complexity index is 858.